The van der Waals surface area contributed by atoms with Crippen LogP contribution < -0.4 is 0 Å². The van der Waals surface area contributed by atoms with E-state index in [4.69, 9.17) is 9.84 Å². The van der Waals surface area contributed by atoms with Crippen LogP contribution in [0.4, 0.5) is 0 Å². The Labute approximate surface area is 274 Å². The van der Waals surface area contributed by atoms with Crippen LogP contribution in [0.5, 0.6) is 0 Å². The predicted octanol–water partition coefficient (Wildman–Crippen LogP) is 3.73. The van der Waals surface area contributed by atoms with Crippen molar-refractivity contribution in [3.05, 3.63) is 11.1 Å². The Hall–Kier alpha value is -1.56. The molecular weight excluding hydrogens is 592 g/mol. The van der Waals surface area contributed by atoms with E-state index < -0.39 is 76.6 Å². The molecule has 4 rings (SSSR count). The minimum atomic E-state index is -1.77. The quantitative estimate of drug-likeness (QED) is 0.128. The summed E-state index contributed by atoms with van der Waals surface area (Å²) in [5, 5.41) is 74.5. The van der Waals surface area contributed by atoms with Crippen LogP contribution in [0.1, 0.15) is 120 Å². The van der Waals surface area contributed by atoms with Crippen LogP contribution in [0.15, 0.2) is 11.1 Å². The van der Waals surface area contributed by atoms with Crippen LogP contribution in [0, 0.1) is 39.4 Å². The minimum Gasteiger partial charge on any atom is -0.481 e. The summed E-state index contributed by atoms with van der Waals surface area (Å²) >= 11 is 0. The summed E-state index contributed by atoms with van der Waals surface area (Å²) in [6.45, 7) is 15.0. The summed E-state index contributed by atoms with van der Waals surface area (Å²) < 4.78 is 5.84. The van der Waals surface area contributed by atoms with Gasteiger partial charge in [-0.1, -0.05) is 45.8 Å². The van der Waals surface area contributed by atoms with Crippen LogP contribution in [0.3, 0.4) is 0 Å². The number of carbonyl (C=O) groups excluding carboxylic acids is 1. The topological polar surface area (TPSA) is 185 Å². The summed E-state index contributed by atoms with van der Waals surface area (Å²) in [6, 6.07) is 0. The number of carboxylic acids is 1. The average molecular weight is 653 g/mol. The Morgan fingerprint density at radius 2 is 1.61 bits per heavy atom. The highest BCUT2D eigenvalue weighted by Crippen LogP contribution is 2.72. The van der Waals surface area contributed by atoms with E-state index in [1.54, 1.807) is 13.8 Å². The number of allylic oxidation sites excluding steroid dienone is 1. The van der Waals surface area contributed by atoms with Gasteiger partial charge in [-0.15, -0.1) is 0 Å². The third-order valence-electron chi connectivity index (χ3n) is 13.5. The second-order valence-corrected chi connectivity index (χ2v) is 17.4. The zero-order valence-corrected chi connectivity index (χ0v) is 29.2. The lowest BCUT2D eigenvalue weighted by atomic mass is 9.42. The molecule has 7 N–H and O–H groups in total. The molecule has 0 amide bonds. The maximum Gasteiger partial charge on any atom is 0.309 e. The van der Waals surface area contributed by atoms with E-state index in [0.29, 0.717) is 25.7 Å². The van der Waals surface area contributed by atoms with Crippen LogP contribution in [0.25, 0.3) is 0 Å². The van der Waals surface area contributed by atoms with Gasteiger partial charge in [0.2, 0.25) is 0 Å². The fourth-order valence-electron chi connectivity index (χ4n) is 10.9. The molecule has 10 heteroatoms. The summed E-state index contributed by atoms with van der Waals surface area (Å²) in [5.41, 5.74) is -2.39. The molecule has 46 heavy (non-hydrogen) atoms. The van der Waals surface area contributed by atoms with Gasteiger partial charge >= 0.3 is 11.9 Å². The van der Waals surface area contributed by atoms with Crippen molar-refractivity contribution in [1.29, 1.82) is 0 Å². The van der Waals surface area contributed by atoms with E-state index in [1.807, 2.05) is 13.8 Å². The first-order valence-corrected chi connectivity index (χ1v) is 17.2. The van der Waals surface area contributed by atoms with Crippen LogP contribution in [-0.4, -0.2) is 89.9 Å². The number of hydrogen-bond donors (Lipinski definition) is 7. The van der Waals surface area contributed by atoms with Crippen molar-refractivity contribution >= 4 is 11.9 Å². The van der Waals surface area contributed by atoms with Gasteiger partial charge in [-0.3, -0.25) is 9.59 Å². The van der Waals surface area contributed by atoms with Gasteiger partial charge in [0, 0.05) is 17.4 Å². The molecule has 0 radical (unpaired) electrons. The highest BCUT2D eigenvalue weighted by atomic mass is 16.6. The number of rotatable bonds is 11. The first-order valence-electron chi connectivity index (χ1n) is 17.2. The lowest BCUT2D eigenvalue weighted by Crippen LogP contribution is -2.62. The predicted molar refractivity (Wildman–Crippen MR) is 171 cm³/mol. The van der Waals surface area contributed by atoms with Crippen molar-refractivity contribution in [2.24, 2.45) is 39.4 Å². The van der Waals surface area contributed by atoms with Gasteiger partial charge in [-0.05, 0) is 101 Å². The smallest absolute Gasteiger partial charge is 0.309 e. The number of hydrogen-bond acceptors (Lipinski definition) is 9. The molecule has 0 aliphatic heterocycles. The van der Waals surface area contributed by atoms with Gasteiger partial charge in [0.1, 0.15) is 6.10 Å². The van der Waals surface area contributed by atoms with Crippen molar-refractivity contribution in [3.63, 3.8) is 0 Å². The Morgan fingerprint density at radius 3 is 2.17 bits per heavy atom. The fourth-order valence-corrected chi connectivity index (χ4v) is 10.9. The Balaban J connectivity index is 1.61. The van der Waals surface area contributed by atoms with E-state index >= 15 is 0 Å². The monoisotopic (exact) mass is 652 g/mol. The molecule has 2 fully saturated rings. The van der Waals surface area contributed by atoms with E-state index in [0.717, 1.165) is 25.7 Å². The lowest BCUT2D eigenvalue weighted by molar-refractivity contribution is -0.198. The zero-order valence-electron chi connectivity index (χ0n) is 29.2. The zero-order chi connectivity index (χ0) is 34.8. The number of aliphatic carboxylic acids is 1. The third-order valence-corrected chi connectivity index (χ3v) is 13.5. The largest absolute Gasteiger partial charge is 0.481 e. The summed E-state index contributed by atoms with van der Waals surface area (Å²) in [7, 11) is 0. The maximum atomic E-state index is 12.9. The molecule has 0 spiro atoms. The second-order valence-electron chi connectivity index (χ2n) is 17.4. The second kappa shape index (κ2) is 12.4. The highest BCUT2D eigenvalue weighted by Gasteiger charge is 2.67. The van der Waals surface area contributed by atoms with E-state index in [-0.39, 0.29) is 29.8 Å². The number of esters is 1. The van der Waals surface area contributed by atoms with Crippen molar-refractivity contribution in [2.45, 2.75) is 155 Å². The third kappa shape index (κ3) is 6.20. The number of fused-ring (bicyclic) bond motifs is 4. The molecular formula is C36H60O10. The first kappa shape index (κ1) is 37.3. The number of aliphatic hydroxyl groups excluding tert-OH is 4. The molecule has 0 aromatic heterocycles. The maximum absolute atomic E-state index is 12.9. The van der Waals surface area contributed by atoms with Gasteiger partial charge in [0.25, 0.3) is 0 Å². The number of ether oxygens (including phenoxy) is 1. The van der Waals surface area contributed by atoms with Gasteiger partial charge < -0.3 is 40.5 Å². The van der Waals surface area contributed by atoms with Gasteiger partial charge in [0.15, 0.2) is 0 Å². The Kier molecular flexibility index (Phi) is 10.0. The molecule has 11 atom stereocenters. The molecule has 0 saturated heterocycles. The average Bonchev–Trinajstić information content (AvgIpc) is 3.18. The van der Waals surface area contributed by atoms with Crippen molar-refractivity contribution < 1.29 is 50.1 Å². The molecule has 10 nitrogen and oxygen atoms in total. The van der Waals surface area contributed by atoms with E-state index in [9.17, 15) is 40.2 Å². The molecule has 0 heterocycles. The normalized spacial score (nSPS) is 39.8. The SMILES string of the molecule is CC(C)(O)[C@H](O)CC[C@@H](CO)[C@H]1CC[C@@]2(C)C3=C(C[C@H](O)[C@]12C)[C@@]1(C)C[C@@H](O)[C@H](OC(=O)C[C@@](C)(O)CC(=O)O)C(C)(C)[C@@H]1CC3. The van der Waals surface area contributed by atoms with Crippen molar-refractivity contribution in [3.8, 4) is 0 Å². The molecule has 4 aliphatic rings. The van der Waals surface area contributed by atoms with Gasteiger partial charge in [0.05, 0.1) is 42.4 Å². The van der Waals surface area contributed by atoms with Crippen molar-refractivity contribution in [1.82, 2.24) is 0 Å². The molecule has 0 bridgehead atoms. The molecule has 0 aromatic rings. The Bertz CT molecular complexity index is 1200. The summed E-state index contributed by atoms with van der Waals surface area (Å²) in [4.78, 5) is 24.1. The number of aliphatic hydroxyl groups is 6. The number of carboxylic acid groups (broad SMARTS) is 1. The Morgan fingerprint density at radius 1 is 0.978 bits per heavy atom. The molecule has 0 unspecified atom stereocenters. The van der Waals surface area contributed by atoms with Gasteiger partial charge in [-0.2, -0.15) is 0 Å². The minimum absolute atomic E-state index is 0.0293. The molecule has 4 aliphatic carbocycles. The van der Waals surface area contributed by atoms with Gasteiger partial charge in [-0.25, -0.2) is 0 Å². The molecule has 264 valence electrons. The summed E-state index contributed by atoms with van der Waals surface area (Å²) in [6.07, 6.45) is 0.517. The first-order chi connectivity index (χ1) is 21.0. The fraction of sp³-hybridized carbons (Fsp3) is 0.889. The molecule has 2 saturated carbocycles. The van der Waals surface area contributed by atoms with E-state index in [1.165, 1.54) is 18.1 Å². The van der Waals surface area contributed by atoms with Crippen LogP contribution >= 0.6 is 0 Å². The van der Waals surface area contributed by atoms with Crippen molar-refractivity contribution in [2.75, 3.05) is 6.61 Å². The number of carbonyl (C=O) groups is 2. The summed E-state index contributed by atoms with van der Waals surface area (Å²) in [5.74, 6) is -2.03. The molecule has 0 aromatic carbocycles. The highest BCUT2D eigenvalue weighted by molar-refractivity contribution is 5.74. The van der Waals surface area contributed by atoms with E-state index in [2.05, 4.69) is 20.8 Å². The standard InChI is InChI=1S/C36H60O10/c1-31(2)25-11-10-22-23(34(25,6)16-24(38)30(31)46-29(43)18-33(5,45)17-28(41)42)15-27(40)36(8)21(13-14-35(22,36)7)20(19-37)9-12-26(39)32(3,4)44/h20-21,24-27,30,37-40,44-45H,9-19H2,1-8H3,(H,41,42)/t20-,21+,24+,25-,26+,27-,30-,33-,34+,35-,36-/m0/s1. The lowest BCUT2D eigenvalue weighted by Gasteiger charge is -2.64. The van der Waals surface area contributed by atoms with Crippen LogP contribution in [-0.2, 0) is 14.3 Å². The van der Waals surface area contributed by atoms with Crippen LogP contribution in [0.2, 0.25) is 0 Å².